The first-order valence-corrected chi connectivity index (χ1v) is 9.03. The number of aliphatic hydroxyl groups is 1. The maximum absolute atomic E-state index is 8.69. The highest BCUT2D eigenvalue weighted by molar-refractivity contribution is 6.35. The molecular formula is C19H23Cl2NO4. The van der Waals surface area contributed by atoms with Gasteiger partial charge in [0.05, 0.1) is 26.9 Å². The Kier molecular flexibility index (Phi) is 9.01. The second-order valence-corrected chi connectivity index (χ2v) is 6.26. The highest BCUT2D eigenvalue weighted by Gasteiger charge is 2.13. The lowest BCUT2D eigenvalue weighted by molar-refractivity contribution is 0.0937. The van der Waals surface area contributed by atoms with Gasteiger partial charge in [0.25, 0.3) is 0 Å². The molecule has 2 aromatic carbocycles. The minimum absolute atomic E-state index is 0.0263. The van der Waals surface area contributed by atoms with Crippen molar-refractivity contribution in [3.8, 4) is 11.5 Å². The molecule has 0 spiro atoms. The van der Waals surface area contributed by atoms with Crippen molar-refractivity contribution >= 4 is 23.2 Å². The maximum atomic E-state index is 8.69. The first kappa shape index (κ1) is 20.8. The van der Waals surface area contributed by atoms with Crippen LogP contribution in [0.1, 0.15) is 11.1 Å². The number of halogens is 2. The monoisotopic (exact) mass is 399 g/mol. The molecule has 2 N–H and O–H groups in total. The van der Waals surface area contributed by atoms with Crippen molar-refractivity contribution in [3.05, 3.63) is 57.6 Å². The molecule has 26 heavy (non-hydrogen) atoms. The van der Waals surface area contributed by atoms with Gasteiger partial charge in [0.15, 0.2) is 11.5 Å². The van der Waals surface area contributed by atoms with Crippen molar-refractivity contribution < 1.29 is 19.3 Å². The van der Waals surface area contributed by atoms with Crippen molar-refractivity contribution in [2.75, 3.05) is 33.5 Å². The van der Waals surface area contributed by atoms with Gasteiger partial charge in [-0.05, 0) is 18.2 Å². The first-order chi connectivity index (χ1) is 12.7. The summed E-state index contributed by atoms with van der Waals surface area (Å²) in [5.74, 6) is 1.29. The van der Waals surface area contributed by atoms with Gasteiger partial charge in [-0.2, -0.15) is 0 Å². The summed E-state index contributed by atoms with van der Waals surface area (Å²) >= 11 is 12.4. The van der Waals surface area contributed by atoms with Gasteiger partial charge in [-0.3, -0.25) is 0 Å². The molecule has 0 saturated carbocycles. The van der Waals surface area contributed by atoms with Gasteiger partial charge < -0.3 is 24.6 Å². The Labute approximate surface area is 163 Å². The average molecular weight is 400 g/mol. The van der Waals surface area contributed by atoms with Crippen LogP contribution in [0.5, 0.6) is 11.5 Å². The summed E-state index contributed by atoms with van der Waals surface area (Å²) in [4.78, 5) is 0. The van der Waals surface area contributed by atoms with Crippen LogP contribution in [0.3, 0.4) is 0 Å². The molecule has 0 atom stereocenters. The molecule has 0 aliphatic heterocycles. The van der Waals surface area contributed by atoms with Gasteiger partial charge in [0.1, 0.15) is 6.61 Å². The van der Waals surface area contributed by atoms with Crippen LogP contribution in [0.2, 0.25) is 10.0 Å². The van der Waals surface area contributed by atoms with Gasteiger partial charge in [0.2, 0.25) is 0 Å². The number of methoxy groups -OCH3 is 1. The van der Waals surface area contributed by atoms with Crippen LogP contribution in [-0.2, 0) is 17.9 Å². The highest BCUT2D eigenvalue weighted by Crippen LogP contribution is 2.33. The molecule has 142 valence electrons. The van der Waals surface area contributed by atoms with Crippen LogP contribution in [0, 0.1) is 0 Å². The van der Waals surface area contributed by atoms with E-state index in [0.29, 0.717) is 47.8 Å². The molecule has 0 saturated heterocycles. The predicted octanol–water partition coefficient (Wildman–Crippen LogP) is 3.68. The van der Waals surface area contributed by atoms with Crippen molar-refractivity contribution in [2.24, 2.45) is 0 Å². The smallest absolute Gasteiger partial charge is 0.166 e. The number of hydrogen-bond acceptors (Lipinski definition) is 5. The van der Waals surface area contributed by atoms with Crippen LogP contribution in [0.25, 0.3) is 0 Å². The third-order valence-electron chi connectivity index (χ3n) is 3.68. The van der Waals surface area contributed by atoms with E-state index < -0.39 is 0 Å². The standard InChI is InChI=1S/C19H23Cl2NO4/c1-24-18-7-2-4-14(12-22-8-10-25-11-9-23)19(18)26-13-15-16(20)5-3-6-17(15)21/h2-7,22-23H,8-13H2,1H3. The zero-order chi connectivity index (χ0) is 18.8. The summed E-state index contributed by atoms with van der Waals surface area (Å²) in [6.07, 6.45) is 0. The molecule has 0 unspecified atom stereocenters. The molecule has 0 fully saturated rings. The molecule has 2 aromatic rings. The molecule has 5 nitrogen and oxygen atoms in total. The minimum atomic E-state index is 0.0263. The molecule has 0 aromatic heterocycles. The Hall–Kier alpha value is -1.50. The van der Waals surface area contributed by atoms with Crippen molar-refractivity contribution in [2.45, 2.75) is 13.2 Å². The van der Waals surface area contributed by atoms with E-state index in [1.807, 2.05) is 18.2 Å². The van der Waals surface area contributed by atoms with Crippen LogP contribution in [0.4, 0.5) is 0 Å². The van der Waals surface area contributed by atoms with E-state index in [2.05, 4.69) is 5.32 Å². The SMILES string of the molecule is COc1cccc(CNCCOCCO)c1OCc1c(Cl)cccc1Cl. The maximum Gasteiger partial charge on any atom is 0.166 e. The van der Waals surface area contributed by atoms with E-state index in [9.17, 15) is 0 Å². The molecule has 7 heteroatoms. The average Bonchev–Trinajstić information content (AvgIpc) is 2.64. The molecule has 0 bridgehead atoms. The van der Waals surface area contributed by atoms with Gasteiger partial charge in [-0.15, -0.1) is 0 Å². The quantitative estimate of drug-likeness (QED) is 0.564. The minimum Gasteiger partial charge on any atom is -0.493 e. The van der Waals surface area contributed by atoms with Crippen molar-refractivity contribution in [3.63, 3.8) is 0 Å². The third-order valence-corrected chi connectivity index (χ3v) is 4.39. The van der Waals surface area contributed by atoms with E-state index >= 15 is 0 Å². The Bertz CT molecular complexity index is 677. The third kappa shape index (κ3) is 6.04. The topological polar surface area (TPSA) is 60.0 Å². The molecule has 0 heterocycles. The van der Waals surface area contributed by atoms with E-state index in [1.54, 1.807) is 25.3 Å². The summed E-state index contributed by atoms with van der Waals surface area (Å²) in [6, 6.07) is 11.1. The van der Waals surface area contributed by atoms with Gasteiger partial charge in [0, 0.05) is 34.3 Å². The molecule has 0 radical (unpaired) electrons. The molecule has 0 aliphatic carbocycles. The fourth-order valence-electron chi connectivity index (χ4n) is 2.37. The van der Waals surface area contributed by atoms with Gasteiger partial charge >= 0.3 is 0 Å². The molecule has 0 aliphatic rings. The molecular weight excluding hydrogens is 377 g/mol. The fraction of sp³-hybridized carbons (Fsp3) is 0.368. The highest BCUT2D eigenvalue weighted by atomic mass is 35.5. The Balaban J connectivity index is 2.03. The van der Waals surface area contributed by atoms with E-state index in [0.717, 1.165) is 11.1 Å². The second kappa shape index (κ2) is 11.3. The second-order valence-electron chi connectivity index (χ2n) is 5.45. The number of para-hydroxylation sites is 1. The number of aliphatic hydroxyl groups excluding tert-OH is 1. The fourth-order valence-corrected chi connectivity index (χ4v) is 2.88. The number of hydrogen-bond donors (Lipinski definition) is 2. The van der Waals surface area contributed by atoms with E-state index in [4.69, 9.17) is 42.5 Å². The zero-order valence-corrected chi connectivity index (χ0v) is 16.1. The Morgan fingerprint density at radius 3 is 2.46 bits per heavy atom. The Morgan fingerprint density at radius 2 is 1.77 bits per heavy atom. The van der Waals surface area contributed by atoms with Crippen LogP contribution >= 0.6 is 23.2 Å². The summed E-state index contributed by atoms with van der Waals surface area (Å²) in [5.41, 5.74) is 1.69. The summed E-state index contributed by atoms with van der Waals surface area (Å²) in [5, 5.41) is 13.1. The zero-order valence-electron chi connectivity index (χ0n) is 14.6. The number of benzene rings is 2. The van der Waals surface area contributed by atoms with E-state index in [-0.39, 0.29) is 13.2 Å². The van der Waals surface area contributed by atoms with Crippen molar-refractivity contribution in [1.29, 1.82) is 0 Å². The lowest BCUT2D eigenvalue weighted by Crippen LogP contribution is -2.20. The largest absolute Gasteiger partial charge is 0.493 e. The Morgan fingerprint density at radius 1 is 1.04 bits per heavy atom. The van der Waals surface area contributed by atoms with Crippen LogP contribution < -0.4 is 14.8 Å². The molecule has 0 amide bonds. The lowest BCUT2D eigenvalue weighted by Gasteiger charge is -2.16. The van der Waals surface area contributed by atoms with Gasteiger partial charge in [-0.25, -0.2) is 0 Å². The summed E-state index contributed by atoms with van der Waals surface area (Å²) < 4.78 is 16.7. The number of nitrogens with one attached hydrogen (secondary N) is 1. The van der Waals surface area contributed by atoms with Crippen molar-refractivity contribution in [1.82, 2.24) is 5.32 Å². The van der Waals surface area contributed by atoms with E-state index in [1.165, 1.54) is 0 Å². The number of ether oxygens (including phenoxy) is 3. The van der Waals surface area contributed by atoms with Gasteiger partial charge in [-0.1, -0.05) is 41.4 Å². The summed E-state index contributed by atoms with van der Waals surface area (Å²) in [6.45, 7) is 2.38. The predicted molar refractivity (Wildman–Crippen MR) is 103 cm³/mol. The normalized spacial score (nSPS) is 10.8. The van der Waals surface area contributed by atoms with Crippen LogP contribution in [0.15, 0.2) is 36.4 Å². The number of rotatable bonds is 11. The van der Waals surface area contributed by atoms with Crippen LogP contribution in [-0.4, -0.2) is 38.6 Å². The summed E-state index contributed by atoms with van der Waals surface area (Å²) in [7, 11) is 1.60. The first-order valence-electron chi connectivity index (χ1n) is 8.28. The molecule has 2 rings (SSSR count). The lowest BCUT2D eigenvalue weighted by atomic mass is 10.1.